The van der Waals surface area contributed by atoms with Crippen molar-refractivity contribution in [2.24, 2.45) is 5.92 Å². The molecular formula is C7H13BO2. The van der Waals surface area contributed by atoms with Gasteiger partial charge in [-0.25, -0.2) is 0 Å². The SMILES string of the molecule is B[C@H]1C=CC(CO)C(O)C1. The standard InChI is InChI=1S/C7H13BO2/c8-6-2-1-5(4-9)7(10)3-6/h1-2,5-7,9-10H,3-4,8H2/t5?,6-,7?/m0/s1. The Balaban J connectivity index is 2.53. The van der Waals surface area contributed by atoms with E-state index in [-0.39, 0.29) is 18.6 Å². The van der Waals surface area contributed by atoms with Crippen LogP contribution in [0.2, 0.25) is 5.82 Å². The van der Waals surface area contributed by atoms with Crippen LogP contribution in [-0.4, -0.2) is 30.8 Å². The zero-order valence-electron chi connectivity index (χ0n) is 6.20. The second kappa shape index (κ2) is 3.22. The lowest BCUT2D eigenvalue weighted by Gasteiger charge is -2.24. The van der Waals surface area contributed by atoms with Crippen LogP contribution in [0.15, 0.2) is 12.2 Å². The maximum atomic E-state index is 9.33. The van der Waals surface area contributed by atoms with Crippen LogP contribution in [0.4, 0.5) is 0 Å². The summed E-state index contributed by atoms with van der Waals surface area (Å²) < 4.78 is 0. The molecule has 10 heavy (non-hydrogen) atoms. The van der Waals surface area contributed by atoms with E-state index in [9.17, 15) is 5.11 Å². The molecule has 3 atom stereocenters. The van der Waals surface area contributed by atoms with Gasteiger partial charge in [-0.05, 0) is 12.2 Å². The summed E-state index contributed by atoms with van der Waals surface area (Å²) in [5, 5.41) is 18.1. The van der Waals surface area contributed by atoms with E-state index in [1.54, 1.807) is 0 Å². The van der Waals surface area contributed by atoms with E-state index in [4.69, 9.17) is 5.11 Å². The monoisotopic (exact) mass is 140 g/mol. The number of aliphatic hydroxyl groups excluding tert-OH is 2. The summed E-state index contributed by atoms with van der Waals surface area (Å²) in [5.41, 5.74) is 0. The van der Waals surface area contributed by atoms with Crippen molar-refractivity contribution in [1.82, 2.24) is 0 Å². The Morgan fingerprint density at radius 2 is 2.20 bits per heavy atom. The minimum absolute atomic E-state index is 0.0313. The van der Waals surface area contributed by atoms with Crippen molar-refractivity contribution in [3.8, 4) is 0 Å². The highest BCUT2D eigenvalue weighted by Gasteiger charge is 2.21. The summed E-state index contributed by atoms with van der Waals surface area (Å²) in [6.07, 6.45) is 4.39. The number of hydrogen-bond acceptors (Lipinski definition) is 2. The van der Waals surface area contributed by atoms with Gasteiger partial charge < -0.3 is 10.2 Å². The molecule has 0 aliphatic heterocycles. The van der Waals surface area contributed by atoms with Gasteiger partial charge in [-0.1, -0.05) is 12.2 Å². The summed E-state index contributed by atoms with van der Waals surface area (Å²) in [6, 6.07) is 0. The van der Waals surface area contributed by atoms with Crippen LogP contribution in [0.25, 0.3) is 0 Å². The zero-order chi connectivity index (χ0) is 7.56. The molecule has 0 radical (unpaired) electrons. The fourth-order valence-electron chi connectivity index (χ4n) is 1.28. The van der Waals surface area contributed by atoms with E-state index in [1.165, 1.54) is 0 Å². The van der Waals surface area contributed by atoms with Gasteiger partial charge in [0.15, 0.2) is 0 Å². The highest BCUT2D eigenvalue weighted by molar-refractivity contribution is 6.13. The van der Waals surface area contributed by atoms with Crippen molar-refractivity contribution in [3.63, 3.8) is 0 Å². The van der Waals surface area contributed by atoms with Crippen LogP contribution >= 0.6 is 0 Å². The van der Waals surface area contributed by atoms with Crippen LogP contribution < -0.4 is 0 Å². The Labute approximate surface area is 62.0 Å². The molecule has 1 rings (SSSR count). The third-order valence-corrected chi connectivity index (χ3v) is 2.01. The van der Waals surface area contributed by atoms with Gasteiger partial charge in [0.05, 0.1) is 12.7 Å². The normalized spacial score (nSPS) is 40.0. The summed E-state index contributed by atoms with van der Waals surface area (Å²) >= 11 is 0. The van der Waals surface area contributed by atoms with Crippen LogP contribution in [0.5, 0.6) is 0 Å². The van der Waals surface area contributed by atoms with Gasteiger partial charge in [0.1, 0.15) is 7.85 Å². The molecule has 56 valence electrons. The average molecular weight is 140 g/mol. The lowest BCUT2D eigenvalue weighted by Crippen LogP contribution is -2.26. The van der Waals surface area contributed by atoms with E-state index in [1.807, 2.05) is 12.2 Å². The molecule has 0 spiro atoms. The Morgan fingerprint density at radius 1 is 1.50 bits per heavy atom. The van der Waals surface area contributed by atoms with Gasteiger partial charge in [0, 0.05) is 5.92 Å². The van der Waals surface area contributed by atoms with Crippen LogP contribution in [0.3, 0.4) is 0 Å². The van der Waals surface area contributed by atoms with E-state index in [2.05, 4.69) is 7.85 Å². The molecule has 0 bridgehead atoms. The third-order valence-electron chi connectivity index (χ3n) is 2.01. The van der Waals surface area contributed by atoms with Crippen molar-refractivity contribution in [3.05, 3.63) is 12.2 Å². The van der Waals surface area contributed by atoms with E-state index >= 15 is 0 Å². The molecule has 0 aromatic heterocycles. The molecule has 0 saturated heterocycles. The Bertz CT molecular complexity index is 136. The Hall–Kier alpha value is -0.275. The van der Waals surface area contributed by atoms with Gasteiger partial charge in [-0.2, -0.15) is 0 Å². The van der Waals surface area contributed by atoms with Gasteiger partial charge in [-0.15, -0.1) is 0 Å². The molecule has 0 aromatic rings. The summed E-state index contributed by atoms with van der Waals surface area (Å²) in [4.78, 5) is 0. The number of aliphatic hydroxyl groups is 2. The van der Waals surface area contributed by atoms with Gasteiger partial charge >= 0.3 is 0 Å². The Kier molecular flexibility index (Phi) is 2.52. The molecule has 0 aromatic carbocycles. The maximum Gasteiger partial charge on any atom is 0.110 e. The topological polar surface area (TPSA) is 40.5 Å². The minimum Gasteiger partial charge on any atom is -0.396 e. The van der Waals surface area contributed by atoms with Crippen LogP contribution in [0, 0.1) is 5.92 Å². The fourth-order valence-corrected chi connectivity index (χ4v) is 1.28. The summed E-state index contributed by atoms with van der Waals surface area (Å²) in [7, 11) is 2.06. The molecule has 0 amide bonds. The molecule has 3 heteroatoms. The first-order valence-electron chi connectivity index (χ1n) is 3.71. The van der Waals surface area contributed by atoms with E-state index in [0.717, 1.165) is 6.42 Å². The second-order valence-electron chi connectivity index (χ2n) is 3.01. The third kappa shape index (κ3) is 1.61. The highest BCUT2D eigenvalue weighted by Crippen LogP contribution is 2.23. The predicted molar refractivity (Wildman–Crippen MR) is 42.6 cm³/mol. The molecule has 0 fully saturated rings. The predicted octanol–water partition coefficient (Wildman–Crippen LogP) is -0.663. The smallest absolute Gasteiger partial charge is 0.110 e. The van der Waals surface area contributed by atoms with Crippen molar-refractivity contribution in [2.45, 2.75) is 18.3 Å². The number of hydrogen-bond donors (Lipinski definition) is 2. The molecule has 0 heterocycles. The van der Waals surface area contributed by atoms with Gasteiger partial charge in [0.25, 0.3) is 0 Å². The van der Waals surface area contributed by atoms with Crippen LogP contribution in [0.1, 0.15) is 6.42 Å². The number of allylic oxidation sites excluding steroid dienone is 1. The summed E-state index contributed by atoms with van der Waals surface area (Å²) in [6.45, 7) is 0.0599. The molecule has 1 aliphatic rings. The summed E-state index contributed by atoms with van der Waals surface area (Å²) in [5.74, 6) is 0.425. The lowest BCUT2D eigenvalue weighted by atomic mass is 9.75. The van der Waals surface area contributed by atoms with Crippen LogP contribution in [-0.2, 0) is 0 Å². The van der Waals surface area contributed by atoms with Crippen molar-refractivity contribution in [2.75, 3.05) is 6.61 Å². The van der Waals surface area contributed by atoms with Crippen molar-refractivity contribution >= 4 is 7.85 Å². The Morgan fingerprint density at radius 3 is 2.70 bits per heavy atom. The zero-order valence-corrected chi connectivity index (χ0v) is 6.20. The first-order valence-corrected chi connectivity index (χ1v) is 3.71. The van der Waals surface area contributed by atoms with Crippen molar-refractivity contribution < 1.29 is 10.2 Å². The molecular weight excluding hydrogens is 127 g/mol. The molecule has 0 saturated carbocycles. The maximum absolute atomic E-state index is 9.33. The molecule has 2 N–H and O–H groups in total. The van der Waals surface area contributed by atoms with Gasteiger partial charge in [-0.3, -0.25) is 0 Å². The first kappa shape index (κ1) is 7.83. The van der Waals surface area contributed by atoms with E-state index in [0.29, 0.717) is 5.82 Å². The highest BCUT2D eigenvalue weighted by atomic mass is 16.3. The quantitative estimate of drug-likeness (QED) is 0.374. The largest absolute Gasteiger partial charge is 0.396 e. The molecule has 1 aliphatic carbocycles. The first-order chi connectivity index (χ1) is 4.74. The average Bonchev–Trinajstić information content (AvgIpc) is 1.88. The van der Waals surface area contributed by atoms with Crippen molar-refractivity contribution in [1.29, 1.82) is 0 Å². The van der Waals surface area contributed by atoms with Gasteiger partial charge in [0.2, 0.25) is 0 Å². The number of rotatable bonds is 1. The van der Waals surface area contributed by atoms with E-state index < -0.39 is 0 Å². The minimum atomic E-state index is -0.343. The fraction of sp³-hybridized carbons (Fsp3) is 0.714. The second-order valence-corrected chi connectivity index (χ2v) is 3.01. The molecule has 2 nitrogen and oxygen atoms in total. The lowest BCUT2D eigenvalue weighted by molar-refractivity contribution is 0.0808. The molecule has 2 unspecified atom stereocenters.